The summed E-state index contributed by atoms with van der Waals surface area (Å²) in [5.74, 6) is -0.0294. The predicted molar refractivity (Wildman–Crippen MR) is 95.2 cm³/mol. The van der Waals surface area contributed by atoms with Gasteiger partial charge >= 0.3 is 0 Å². The normalized spacial score (nSPS) is 11.4. The number of aliphatic hydroxyl groups is 1. The van der Waals surface area contributed by atoms with Crippen molar-refractivity contribution in [1.82, 2.24) is 10.6 Å². The molecule has 0 aliphatic carbocycles. The van der Waals surface area contributed by atoms with Crippen molar-refractivity contribution in [2.75, 3.05) is 13.1 Å². The first kappa shape index (κ1) is 18.9. The van der Waals surface area contributed by atoms with Crippen molar-refractivity contribution in [3.8, 4) is 0 Å². The predicted octanol–water partition coefficient (Wildman–Crippen LogP) is 2.75. The molecule has 0 aromatic heterocycles. The average Bonchev–Trinajstić information content (AvgIpc) is 2.61. The number of rotatable bonds is 7. The zero-order chi connectivity index (χ0) is 18.1. The summed E-state index contributed by atoms with van der Waals surface area (Å²) in [4.78, 5) is 4.45. The molecular weight excluding hydrogens is 324 g/mol. The molecule has 0 saturated heterocycles. The number of hydrogen-bond acceptors (Lipinski definition) is 2. The topological polar surface area (TPSA) is 56.7 Å². The van der Waals surface area contributed by atoms with E-state index in [1.54, 1.807) is 18.2 Å². The van der Waals surface area contributed by atoms with Gasteiger partial charge in [0.2, 0.25) is 0 Å². The molecule has 134 valence electrons. The van der Waals surface area contributed by atoms with E-state index in [-0.39, 0.29) is 18.0 Å². The summed E-state index contributed by atoms with van der Waals surface area (Å²) in [5, 5.41) is 15.4. The van der Waals surface area contributed by atoms with Crippen molar-refractivity contribution in [3.05, 3.63) is 70.8 Å². The summed E-state index contributed by atoms with van der Waals surface area (Å²) < 4.78 is 26.6. The van der Waals surface area contributed by atoms with Gasteiger partial charge < -0.3 is 15.7 Å². The second kappa shape index (κ2) is 9.74. The van der Waals surface area contributed by atoms with Crippen LogP contribution in [0.3, 0.4) is 0 Å². The van der Waals surface area contributed by atoms with Crippen molar-refractivity contribution >= 4 is 5.96 Å². The van der Waals surface area contributed by atoms with E-state index in [1.807, 2.05) is 13.0 Å². The van der Waals surface area contributed by atoms with E-state index in [1.165, 1.54) is 18.2 Å². The van der Waals surface area contributed by atoms with Gasteiger partial charge in [0, 0.05) is 18.7 Å². The third-order valence-electron chi connectivity index (χ3n) is 3.64. The molecule has 0 saturated carbocycles. The van der Waals surface area contributed by atoms with E-state index in [0.717, 1.165) is 11.1 Å². The van der Waals surface area contributed by atoms with Gasteiger partial charge in [-0.3, -0.25) is 0 Å². The van der Waals surface area contributed by atoms with E-state index in [4.69, 9.17) is 5.11 Å². The second-order valence-corrected chi connectivity index (χ2v) is 5.59. The Morgan fingerprint density at radius 2 is 1.92 bits per heavy atom. The highest BCUT2D eigenvalue weighted by Crippen LogP contribution is 2.11. The van der Waals surface area contributed by atoms with Crippen molar-refractivity contribution < 1.29 is 13.9 Å². The zero-order valence-electron chi connectivity index (χ0n) is 14.2. The highest BCUT2D eigenvalue weighted by atomic mass is 19.1. The van der Waals surface area contributed by atoms with Crippen LogP contribution in [0.2, 0.25) is 0 Å². The van der Waals surface area contributed by atoms with E-state index in [0.29, 0.717) is 32.0 Å². The van der Waals surface area contributed by atoms with Crippen LogP contribution >= 0.6 is 0 Å². The van der Waals surface area contributed by atoms with Crippen molar-refractivity contribution in [3.63, 3.8) is 0 Å². The highest BCUT2D eigenvalue weighted by molar-refractivity contribution is 5.79. The van der Waals surface area contributed by atoms with E-state index in [2.05, 4.69) is 15.6 Å². The first-order valence-electron chi connectivity index (χ1n) is 8.27. The minimum absolute atomic E-state index is 0.242. The third kappa shape index (κ3) is 6.15. The van der Waals surface area contributed by atoms with Crippen LogP contribution in [0, 0.1) is 11.6 Å². The van der Waals surface area contributed by atoms with Crippen molar-refractivity contribution in [2.45, 2.75) is 26.5 Å². The maximum absolute atomic E-state index is 13.4. The molecule has 0 unspecified atom stereocenters. The molecule has 6 heteroatoms. The quantitative estimate of drug-likeness (QED) is 0.533. The maximum Gasteiger partial charge on any atom is 0.191 e. The van der Waals surface area contributed by atoms with Crippen molar-refractivity contribution in [2.24, 2.45) is 4.99 Å². The van der Waals surface area contributed by atoms with Crippen LogP contribution in [0.25, 0.3) is 0 Å². The van der Waals surface area contributed by atoms with Gasteiger partial charge in [-0.05, 0) is 48.7 Å². The molecule has 2 aromatic carbocycles. The Morgan fingerprint density at radius 1 is 1.08 bits per heavy atom. The molecule has 0 amide bonds. The monoisotopic (exact) mass is 347 g/mol. The molecule has 3 N–H and O–H groups in total. The fraction of sp³-hybridized carbons (Fsp3) is 0.316. The number of hydrogen-bond donors (Lipinski definition) is 3. The van der Waals surface area contributed by atoms with Gasteiger partial charge in [0.05, 0.1) is 13.2 Å². The summed E-state index contributed by atoms with van der Waals surface area (Å²) >= 11 is 0. The van der Waals surface area contributed by atoms with Crippen LogP contribution in [-0.2, 0) is 19.6 Å². The summed E-state index contributed by atoms with van der Waals surface area (Å²) in [6.45, 7) is 3.31. The Hall–Kier alpha value is -2.47. The molecule has 0 aliphatic heterocycles. The smallest absolute Gasteiger partial charge is 0.191 e. The Bertz CT molecular complexity index is 720. The lowest BCUT2D eigenvalue weighted by molar-refractivity contribution is 0.275. The molecule has 4 nitrogen and oxygen atoms in total. The lowest BCUT2D eigenvalue weighted by atomic mass is 10.1. The molecule has 0 aliphatic rings. The van der Waals surface area contributed by atoms with Gasteiger partial charge in [0.25, 0.3) is 0 Å². The van der Waals surface area contributed by atoms with Crippen LogP contribution in [-0.4, -0.2) is 24.2 Å². The first-order valence-corrected chi connectivity index (χ1v) is 8.27. The van der Waals surface area contributed by atoms with Crippen LogP contribution in [0.5, 0.6) is 0 Å². The van der Waals surface area contributed by atoms with Crippen LogP contribution in [0.15, 0.2) is 47.5 Å². The fourth-order valence-electron chi connectivity index (χ4n) is 2.38. The number of aliphatic hydroxyl groups excluding tert-OH is 1. The van der Waals surface area contributed by atoms with Gasteiger partial charge in [0.1, 0.15) is 11.6 Å². The van der Waals surface area contributed by atoms with E-state index < -0.39 is 5.82 Å². The molecule has 0 heterocycles. The molecular formula is C19H23F2N3O. The standard InChI is InChI=1S/C19H23F2N3O/c1-2-22-19(23-9-8-14-4-3-5-17(20)11-14)24-12-15-6-7-18(21)16(10-15)13-25/h3-7,10-11,25H,2,8-9,12-13H2,1H3,(H2,22,23,24). The van der Waals surface area contributed by atoms with Gasteiger partial charge in [-0.2, -0.15) is 0 Å². The minimum atomic E-state index is -0.421. The van der Waals surface area contributed by atoms with E-state index in [9.17, 15) is 8.78 Å². The largest absolute Gasteiger partial charge is 0.392 e. The van der Waals surface area contributed by atoms with Crippen molar-refractivity contribution in [1.29, 1.82) is 0 Å². The van der Waals surface area contributed by atoms with Gasteiger partial charge in [-0.25, -0.2) is 13.8 Å². The molecule has 2 aromatic rings. The third-order valence-corrected chi connectivity index (χ3v) is 3.64. The number of nitrogens with one attached hydrogen (secondary N) is 2. The minimum Gasteiger partial charge on any atom is -0.392 e. The highest BCUT2D eigenvalue weighted by Gasteiger charge is 2.03. The van der Waals surface area contributed by atoms with E-state index >= 15 is 0 Å². The van der Waals surface area contributed by atoms with Crippen LogP contribution in [0.1, 0.15) is 23.6 Å². The lowest BCUT2D eigenvalue weighted by Gasteiger charge is -2.11. The first-order chi connectivity index (χ1) is 12.1. The Morgan fingerprint density at radius 3 is 2.64 bits per heavy atom. The molecule has 0 radical (unpaired) electrons. The summed E-state index contributed by atoms with van der Waals surface area (Å²) in [5.41, 5.74) is 1.99. The SMILES string of the molecule is CCNC(=NCc1ccc(F)c(CO)c1)NCCc1cccc(F)c1. The Balaban J connectivity index is 1.93. The summed E-state index contributed by atoms with van der Waals surface area (Å²) in [7, 11) is 0. The number of nitrogens with zero attached hydrogens (tertiary/aromatic N) is 1. The molecule has 0 spiro atoms. The fourth-order valence-corrected chi connectivity index (χ4v) is 2.38. The van der Waals surface area contributed by atoms with Gasteiger partial charge in [-0.1, -0.05) is 18.2 Å². The van der Waals surface area contributed by atoms with Crippen LogP contribution < -0.4 is 10.6 Å². The number of halogens is 2. The van der Waals surface area contributed by atoms with Gasteiger partial charge in [0.15, 0.2) is 5.96 Å². The number of guanidine groups is 1. The summed E-state index contributed by atoms with van der Waals surface area (Å²) in [6.07, 6.45) is 0.674. The van der Waals surface area contributed by atoms with Gasteiger partial charge in [-0.15, -0.1) is 0 Å². The average molecular weight is 347 g/mol. The van der Waals surface area contributed by atoms with Crippen LogP contribution in [0.4, 0.5) is 8.78 Å². The number of aliphatic imine (C=N–C) groups is 1. The molecule has 25 heavy (non-hydrogen) atoms. The molecule has 2 rings (SSSR count). The zero-order valence-corrected chi connectivity index (χ0v) is 14.2. The second-order valence-electron chi connectivity index (χ2n) is 5.59. The molecule has 0 atom stereocenters. The Labute approximate surface area is 146 Å². The summed E-state index contributed by atoms with van der Waals surface area (Å²) in [6, 6.07) is 11.1. The molecule has 0 fully saturated rings. The maximum atomic E-state index is 13.4. The Kier molecular flexibility index (Phi) is 7.35. The lowest BCUT2D eigenvalue weighted by Crippen LogP contribution is -2.38. The molecule has 0 bridgehead atoms. The number of benzene rings is 2.